The predicted octanol–water partition coefficient (Wildman–Crippen LogP) is 5.31. The van der Waals surface area contributed by atoms with Crippen molar-refractivity contribution in [2.75, 3.05) is 11.9 Å². The van der Waals surface area contributed by atoms with Crippen LogP contribution in [0.5, 0.6) is 11.5 Å². The first-order valence-corrected chi connectivity index (χ1v) is 12.4. The summed E-state index contributed by atoms with van der Waals surface area (Å²) in [5.74, 6) is -1.09. The second kappa shape index (κ2) is 10.9. The van der Waals surface area contributed by atoms with Crippen LogP contribution in [0.1, 0.15) is 25.0 Å². The molecule has 0 aliphatic carbocycles. The zero-order valence-electron chi connectivity index (χ0n) is 22.1. The van der Waals surface area contributed by atoms with Crippen LogP contribution in [0.3, 0.4) is 0 Å². The van der Waals surface area contributed by atoms with Crippen molar-refractivity contribution in [2.24, 2.45) is 11.1 Å². The summed E-state index contributed by atoms with van der Waals surface area (Å²) in [4.78, 5) is 41.9. The maximum absolute atomic E-state index is 13.6. The van der Waals surface area contributed by atoms with Gasteiger partial charge in [-0.3, -0.25) is 14.4 Å². The summed E-state index contributed by atoms with van der Waals surface area (Å²) in [6.07, 6.45) is -3.43. The maximum Gasteiger partial charge on any atom is 0.416 e. The van der Waals surface area contributed by atoms with Gasteiger partial charge in [-0.15, -0.1) is 0 Å². The average Bonchev–Trinajstić information content (AvgIpc) is 2.92. The summed E-state index contributed by atoms with van der Waals surface area (Å²) in [6, 6.07) is 19.4. The summed E-state index contributed by atoms with van der Waals surface area (Å²) in [7, 11) is 1.49. The fourth-order valence-electron chi connectivity index (χ4n) is 4.50. The molecule has 0 saturated carbocycles. The normalized spacial score (nSPS) is 19.1. The summed E-state index contributed by atoms with van der Waals surface area (Å²) in [6.45, 7) is 3.07. The van der Waals surface area contributed by atoms with Crippen LogP contribution in [0.25, 0.3) is 0 Å². The Labute approximate surface area is 229 Å². The van der Waals surface area contributed by atoms with Crippen LogP contribution in [0.2, 0.25) is 0 Å². The Balaban J connectivity index is 1.59. The van der Waals surface area contributed by atoms with Gasteiger partial charge in [-0.2, -0.15) is 13.2 Å². The van der Waals surface area contributed by atoms with Crippen molar-refractivity contribution in [2.45, 2.75) is 32.6 Å². The molecule has 208 valence electrons. The molecule has 0 aromatic heterocycles. The van der Waals surface area contributed by atoms with E-state index in [2.05, 4.69) is 0 Å². The number of carbonyl (C=O) groups excluding carboxylic acids is 3. The van der Waals surface area contributed by atoms with Crippen LogP contribution in [0.4, 0.5) is 18.9 Å². The molecule has 3 amide bonds. The van der Waals surface area contributed by atoms with Crippen molar-refractivity contribution in [3.63, 3.8) is 0 Å². The molecule has 0 spiro atoms. The third kappa shape index (κ3) is 5.70. The molecule has 0 saturated heterocycles. The predicted molar refractivity (Wildman–Crippen MR) is 143 cm³/mol. The van der Waals surface area contributed by atoms with E-state index in [0.29, 0.717) is 11.5 Å². The second-order valence-electron chi connectivity index (χ2n) is 9.82. The van der Waals surface area contributed by atoms with E-state index in [4.69, 9.17) is 10.5 Å². The van der Waals surface area contributed by atoms with Gasteiger partial charge in [0, 0.05) is 19.3 Å². The molecular formula is C30H28F3N3O4. The number of amides is 3. The maximum atomic E-state index is 13.6. The Bertz CT molecular complexity index is 1460. The van der Waals surface area contributed by atoms with Gasteiger partial charge in [-0.1, -0.05) is 36.4 Å². The van der Waals surface area contributed by atoms with Gasteiger partial charge in [0.1, 0.15) is 17.1 Å². The number of carbonyl (C=O) groups is 3. The Morgan fingerprint density at radius 2 is 1.62 bits per heavy atom. The zero-order chi connectivity index (χ0) is 29.2. The van der Waals surface area contributed by atoms with E-state index < -0.39 is 40.9 Å². The molecule has 3 aromatic rings. The molecule has 1 heterocycles. The first kappa shape index (κ1) is 28.4. The fraction of sp³-hybridized carbons (Fsp3) is 0.233. The van der Waals surface area contributed by atoms with Gasteiger partial charge in [0.15, 0.2) is 0 Å². The number of benzene rings is 3. The summed E-state index contributed by atoms with van der Waals surface area (Å²) >= 11 is 0. The van der Waals surface area contributed by atoms with Gasteiger partial charge in [0.05, 0.1) is 17.0 Å². The number of anilines is 1. The van der Waals surface area contributed by atoms with Crippen LogP contribution < -0.4 is 15.4 Å². The Morgan fingerprint density at radius 1 is 1.00 bits per heavy atom. The topological polar surface area (TPSA) is 92.9 Å². The van der Waals surface area contributed by atoms with Gasteiger partial charge >= 0.3 is 6.18 Å². The molecule has 3 aromatic carbocycles. The third-order valence-electron chi connectivity index (χ3n) is 7.03. The Morgan fingerprint density at radius 3 is 2.23 bits per heavy atom. The first-order valence-electron chi connectivity index (χ1n) is 12.4. The van der Waals surface area contributed by atoms with Crippen LogP contribution >= 0.6 is 0 Å². The largest absolute Gasteiger partial charge is 0.457 e. The second-order valence-corrected chi connectivity index (χ2v) is 9.82. The number of halogens is 3. The Hall–Kier alpha value is -4.60. The molecule has 4 rings (SSSR count). The van der Waals surface area contributed by atoms with E-state index in [1.807, 2.05) is 30.3 Å². The van der Waals surface area contributed by atoms with Crippen molar-refractivity contribution in [3.8, 4) is 11.5 Å². The summed E-state index contributed by atoms with van der Waals surface area (Å²) < 4.78 is 46.0. The zero-order valence-corrected chi connectivity index (χ0v) is 22.1. The van der Waals surface area contributed by atoms with E-state index in [1.54, 1.807) is 24.3 Å². The number of alkyl halides is 3. The van der Waals surface area contributed by atoms with Crippen molar-refractivity contribution >= 4 is 23.4 Å². The number of hydrogen-bond donors (Lipinski definition) is 1. The van der Waals surface area contributed by atoms with E-state index in [-0.39, 0.29) is 17.8 Å². The molecule has 10 heteroatoms. The lowest BCUT2D eigenvalue weighted by atomic mass is 9.76. The van der Waals surface area contributed by atoms with Gasteiger partial charge < -0.3 is 20.3 Å². The van der Waals surface area contributed by atoms with Crippen LogP contribution in [-0.4, -0.2) is 35.7 Å². The number of hydrogen-bond acceptors (Lipinski definition) is 4. The fourth-order valence-corrected chi connectivity index (χ4v) is 4.50. The van der Waals surface area contributed by atoms with Gasteiger partial charge in [0.25, 0.3) is 11.8 Å². The van der Waals surface area contributed by atoms with Crippen LogP contribution in [0.15, 0.2) is 90.5 Å². The van der Waals surface area contributed by atoms with E-state index >= 15 is 0 Å². The van der Waals surface area contributed by atoms with E-state index in [1.165, 1.54) is 37.9 Å². The molecule has 7 nitrogen and oxygen atoms in total. The van der Waals surface area contributed by atoms with Crippen molar-refractivity contribution < 1.29 is 32.3 Å². The van der Waals surface area contributed by atoms with Crippen molar-refractivity contribution in [1.82, 2.24) is 4.90 Å². The van der Waals surface area contributed by atoms with Crippen LogP contribution in [-0.2, 0) is 27.1 Å². The number of nitrogens with zero attached hydrogens (tertiary/aromatic N) is 2. The number of likely N-dealkylation sites (N-methyl/N-ethyl adjacent to an activating group) is 1. The Kier molecular flexibility index (Phi) is 7.72. The van der Waals surface area contributed by atoms with Gasteiger partial charge in [-0.25, -0.2) is 0 Å². The SMILES string of the molecule is CC1N(c2cccc(C(F)(F)F)c2)C(=O)C(C(=O)N(C)Cc2ccc(Oc3ccccc3)cc2)=CC1(C)C(N)=O. The number of primary amides is 1. The van der Waals surface area contributed by atoms with Crippen LogP contribution in [0, 0.1) is 5.41 Å². The lowest BCUT2D eigenvalue weighted by Crippen LogP contribution is -2.58. The molecule has 2 unspecified atom stereocenters. The summed E-state index contributed by atoms with van der Waals surface area (Å²) in [5, 5.41) is 0. The van der Waals surface area contributed by atoms with E-state index in [9.17, 15) is 27.6 Å². The van der Waals surface area contributed by atoms with Crippen molar-refractivity contribution in [1.29, 1.82) is 0 Å². The highest BCUT2D eigenvalue weighted by Crippen LogP contribution is 2.39. The minimum atomic E-state index is -4.65. The number of para-hydroxylation sites is 1. The monoisotopic (exact) mass is 551 g/mol. The average molecular weight is 552 g/mol. The van der Waals surface area contributed by atoms with Gasteiger partial charge in [0.2, 0.25) is 5.91 Å². The quantitative estimate of drug-likeness (QED) is 0.403. The minimum Gasteiger partial charge on any atom is -0.457 e. The molecule has 1 aliphatic heterocycles. The first-order chi connectivity index (χ1) is 18.8. The highest BCUT2D eigenvalue weighted by molar-refractivity contribution is 6.25. The number of rotatable bonds is 7. The molecule has 40 heavy (non-hydrogen) atoms. The van der Waals surface area contributed by atoms with E-state index in [0.717, 1.165) is 28.7 Å². The standard InChI is InChI=1S/C30H28F3N3O4/c1-19-29(2,28(34)39)17-25(27(38)36(19)22-9-7-8-21(16-22)30(31,32)33)26(37)35(3)18-20-12-14-24(15-13-20)40-23-10-5-4-6-11-23/h4-17,19H,18H2,1-3H3,(H2,34,39). The lowest BCUT2D eigenvalue weighted by Gasteiger charge is -2.43. The summed E-state index contributed by atoms with van der Waals surface area (Å²) in [5.41, 5.74) is 3.46. The third-order valence-corrected chi connectivity index (χ3v) is 7.03. The minimum absolute atomic E-state index is 0.102. The number of ether oxygens (including phenoxy) is 1. The highest BCUT2D eigenvalue weighted by Gasteiger charge is 2.48. The highest BCUT2D eigenvalue weighted by atomic mass is 19.4. The lowest BCUT2D eigenvalue weighted by molar-refractivity contribution is -0.138. The molecule has 2 N–H and O–H groups in total. The molecule has 0 bridgehead atoms. The smallest absolute Gasteiger partial charge is 0.416 e. The molecule has 0 radical (unpaired) electrons. The number of nitrogens with two attached hydrogens (primary N) is 1. The molecular weight excluding hydrogens is 523 g/mol. The molecule has 2 atom stereocenters. The van der Waals surface area contributed by atoms with Crippen molar-refractivity contribution in [3.05, 3.63) is 102 Å². The van der Waals surface area contributed by atoms with Gasteiger partial charge in [-0.05, 0) is 68.0 Å². The molecule has 0 fully saturated rings. The molecule has 1 aliphatic rings.